The van der Waals surface area contributed by atoms with Gasteiger partial charge in [0.15, 0.2) is 0 Å². The van der Waals surface area contributed by atoms with E-state index in [2.05, 4.69) is 25.9 Å². The lowest BCUT2D eigenvalue weighted by Crippen LogP contribution is -1.97. The molecular formula is C8H6BrN3O2. The van der Waals surface area contributed by atoms with E-state index in [1.165, 1.54) is 6.20 Å². The lowest BCUT2D eigenvalue weighted by Gasteiger charge is -1.98. The molecule has 2 aromatic heterocycles. The Kier molecular flexibility index (Phi) is 1.92. The summed E-state index contributed by atoms with van der Waals surface area (Å²) in [6, 6.07) is 1.57. The summed E-state index contributed by atoms with van der Waals surface area (Å²) < 4.78 is 0.571. The van der Waals surface area contributed by atoms with Crippen molar-refractivity contribution in [1.82, 2.24) is 9.97 Å². The third kappa shape index (κ3) is 1.24. The van der Waals surface area contributed by atoms with Gasteiger partial charge >= 0.3 is 5.97 Å². The second-order valence-corrected chi connectivity index (χ2v) is 3.58. The molecule has 2 aromatic rings. The molecule has 4 N–H and O–H groups in total. The Labute approximate surface area is 87.1 Å². The largest absolute Gasteiger partial charge is 0.478 e. The van der Waals surface area contributed by atoms with Crippen molar-refractivity contribution >= 4 is 38.6 Å². The number of carboxylic acids is 1. The van der Waals surface area contributed by atoms with Crippen molar-refractivity contribution in [2.24, 2.45) is 0 Å². The van der Waals surface area contributed by atoms with Crippen LogP contribution in [0.3, 0.4) is 0 Å². The first-order valence-electron chi connectivity index (χ1n) is 3.76. The highest BCUT2D eigenvalue weighted by molar-refractivity contribution is 9.10. The van der Waals surface area contributed by atoms with Crippen LogP contribution in [0.25, 0.3) is 11.0 Å². The van der Waals surface area contributed by atoms with Crippen LogP contribution in [0.15, 0.2) is 16.9 Å². The standard InChI is InChI=1S/C8H6BrN3O2/c9-5-1-4(10)6-3(8(13)14)2-11-7(6)12-5/h1-2H,(H,13,14)(H3,10,11,12). The number of aromatic carboxylic acids is 1. The first-order valence-corrected chi connectivity index (χ1v) is 4.55. The Balaban J connectivity index is 2.85. The van der Waals surface area contributed by atoms with E-state index in [0.717, 1.165) is 0 Å². The molecule has 0 spiro atoms. The lowest BCUT2D eigenvalue weighted by atomic mass is 10.2. The van der Waals surface area contributed by atoms with Crippen LogP contribution in [0.2, 0.25) is 0 Å². The van der Waals surface area contributed by atoms with Crippen molar-refractivity contribution in [3.63, 3.8) is 0 Å². The van der Waals surface area contributed by atoms with E-state index in [4.69, 9.17) is 10.8 Å². The number of rotatable bonds is 1. The zero-order chi connectivity index (χ0) is 10.3. The molecule has 0 radical (unpaired) electrons. The van der Waals surface area contributed by atoms with Crippen molar-refractivity contribution in [1.29, 1.82) is 0 Å². The fourth-order valence-electron chi connectivity index (χ4n) is 1.30. The molecule has 6 heteroatoms. The van der Waals surface area contributed by atoms with E-state index in [1.807, 2.05) is 0 Å². The number of nitrogens with two attached hydrogens (primary N) is 1. The summed E-state index contributed by atoms with van der Waals surface area (Å²) in [6.45, 7) is 0. The number of anilines is 1. The zero-order valence-electron chi connectivity index (χ0n) is 6.91. The van der Waals surface area contributed by atoms with Crippen LogP contribution in [0, 0.1) is 0 Å². The second kappa shape index (κ2) is 2.98. The fraction of sp³-hybridized carbons (Fsp3) is 0. The number of H-pyrrole nitrogens is 1. The maximum Gasteiger partial charge on any atom is 0.338 e. The summed E-state index contributed by atoms with van der Waals surface area (Å²) in [4.78, 5) is 17.6. The zero-order valence-corrected chi connectivity index (χ0v) is 8.50. The summed E-state index contributed by atoms with van der Waals surface area (Å²) in [6.07, 6.45) is 1.38. The van der Waals surface area contributed by atoms with E-state index < -0.39 is 5.97 Å². The van der Waals surface area contributed by atoms with Gasteiger partial charge in [-0.15, -0.1) is 0 Å². The predicted octanol–water partition coefficient (Wildman–Crippen LogP) is 1.61. The molecule has 0 atom stereocenters. The molecule has 0 aliphatic carbocycles. The number of fused-ring (bicyclic) bond motifs is 1. The Morgan fingerprint density at radius 3 is 3.00 bits per heavy atom. The molecule has 0 aliphatic heterocycles. The number of nitrogens with one attached hydrogen (secondary N) is 1. The van der Waals surface area contributed by atoms with E-state index in [0.29, 0.717) is 21.3 Å². The first-order chi connectivity index (χ1) is 6.59. The lowest BCUT2D eigenvalue weighted by molar-refractivity contribution is 0.0699. The number of nitrogens with zero attached hydrogens (tertiary/aromatic N) is 1. The molecule has 0 bridgehead atoms. The summed E-state index contributed by atoms with van der Waals surface area (Å²) >= 11 is 3.17. The normalized spacial score (nSPS) is 10.6. The summed E-state index contributed by atoms with van der Waals surface area (Å²) in [7, 11) is 0. The van der Waals surface area contributed by atoms with Gasteiger partial charge in [-0.25, -0.2) is 9.78 Å². The molecular weight excluding hydrogens is 250 g/mol. The second-order valence-electron chi connectivity index (χ2n) is 2.77. The quantitative estimate of drug-likeness (QED) is 0.676. The Morgan fingerprint density at radius 1 is 1.64 bits per heavy atom. The van der Waals surface area contributed by atoms with Crippen molar-refractivity contribution in [3.8, 4) is 0 Å². The number of nitrogen functional groups attached to an aromatic ring is 1. The van der Waals surface area contributed by atoms with Crippen molar-refractivity contribution in [2.45, 2.75) is 0 Å². The average molecular weight is 256 g/mol. The van der Waals surface area contributed by atoms with Crippen LogP contribution in [-0.4, -0.2) is 21.0 Å². The van der Waals surface area contributed by atoms with Gasteiger partial charge in [-0.3, -0.25) is 0 Å². The van der Waals surface area contributed by atoms with Gasteiger partial charge in [0.25, 0.3) is 0 Å². The number of hydrogen-bond acceptors (Lipinski definition) is 3. The molecule has 5 nitrogen and oxygen atoms in total. The van der Waals surface area contributed by atoms with E-state index in [1.54, 1.807) is 6.07 Å². The van der Waals surface area contributed by atoms with Gasteiger partial charge < -0.3 is 15.8 Å². The molecule has 2 heterocycles. The summed E-state index contributed by atoms with van der Waals surface area (Å²) in [5.74, 6) is -1.02. The Hall–Kier alpha value is -1.56. The van der Waals surface area contributed by atoms with Crippen LogP contribution < -0.4 is 5.73 Å². The fourth-order valence-corrected chi connectivity index (χ4v) is 1.73. The van der Waals surface area contributed by atoms with Crippen molar-refractivity contribution < 1.29 is 9.90 Å². The van der Waals surface area contributed by atoms with Gasteiger partial charge in [-0.1, -0.05) is 0 Å². The number of carboxylic acid groups (broad SMARTS) is 1. The maximum absolute atomic E-state index is 10.8. The monoisotopic (exact) mass is 255 g/mol. The number of hydrogen-bond donors (Lipinski definition) is 3. The molecule has 0 saturated carbocycles. The van der Waals surface area contributed by atoms with Gasteiger partial charge in [0.1, 0.15) is 10.3 Å². The predicted molar refractivity (Wildman–Crippen MR) is 55.2 cm³/mol. The minimum Gasteiger partial charge on any atom is -0.478 e. The Bertz CT molecular complexity index is 521. The molecule has 0 amide bonds. The third-order valence-electron chi connectivity index (χ3n) is 1.87. The van der Waals surface area contributed by atoms with Gasteiger partial charge in [0.05, 0.1) is 10.9 Å². The number of pyridine rings is 1. The van der Waals surface area contributed by atoms with Gasteiger partial charge in [0, 0.05) is 11.9 Å². The molecule has 0 unspecified atom stereocenters. The van der Waals surface area contributed by atoms with Crippen LogP contribution in [-0.2, 0) is 0 Å². The number of aromatic nitrogens is 2. The van der Waals surface area contributed by atoms with Gasteiger partial charge in [-0.05, 0) is 22.0 Å². The van der Waals surface area contributed by atoms with Crippen LogP contribution in [0.1, 0.15) is 10.4 Å². The van der Waals surface area contributed by atoms with E-state index in [-0.39, 0.29) is 5.56 Å². The highest BCUT2D eigenvalue weighted by Crippen LogP contribution is 2.25. The molecule has 0 aromatic carbocycles. The molecule has 0 saturated heterocycles. The van der Waals surface area contributed by atoms with Crippen molar-refractivity contribution in [3.05, 3.63) is 22.4 Å². The number of carbonyl (C=O) groups is 1. The van der Waals surface area contributed by atoms with Crippen LogP contribution in [0.4, 0.5) is 5.69 Å². The smallest absolute Gasteiger partial charge is 0.338 e. The summed E-state index contributed by atoms with van der Waals surface area (Å²) in [5.41, 5.74) is 6.68. The average Bonchev–Trinajstić information content (AvgIpc) is 2.47. The van der Waals surface area contributed by atoms with Gasteiger partial charge in [0.2, 0.25) is 0 Å². The van der Waals surface area contributed by atoms with E-state index >= 15 is 0 Å². The molecule has 2 rings (SSSR count). The Morgan fingerprint density at radius 2 is 2.36 bits per heavy atom. The van der Waals surface area contributed by atoms with E-state index in [9.17, 15) is 4.79 Å². The highest BCUT2D eigenvalue weighted by Gasteiger charge is 2.14. The number of aromatic amines is 1. The topological polar surface area (TPSA) is 92.0 Å². The molecule has 14 heavy (non-hydrogen) atoms. The highest BCUT2D eigenvalue weighted by atomic mass is 79.9. The minimum absolute atomic E-state index is 0.137. The van der Waals surface area contributed by atoms with Crippen molar-refractivity contribution in [2.75, 3.05) is 5.73 Å². The third-order valence-corrected chi connectivity index (χ3v) is 2.28. The maximum atomic E-state index is 10.8. The SMILES string of the molecule is Nc1cc(Br)nc2[nH]cc(C(=O)O)c12. The van der Waals surface area contributed by atoms with Crippen LogP contribution in [0.5, 0.6) is 0 Å². The van der Waals surface area contributed by atoms with Gasteiger partial charge in [-0.2, -0.15) is 0 Å². The molecule has 0 fully saturated rings. The van der Waals surface area contributed by atoms with Crippen LogP contribution >= 0.6 is 15.9 Å². The molecule has 72 valence electrons. The first kappa shape index (κ1) is 9.01. The number of halogens is 1. The molecule has 0 aliphatic rings. The summed E-state index contributed by atoms with van der Waals surface area (Å²) in [5, 5.41) is 9.30. The minimum atomic E-state index is -1.02.